The molecule has 1 rings (SSSR count). The number of hydrogen-bond donors (Lipinski definition) is 0. The molecule has 1 heterocycles. The summed E-state index contributed by atoms with van der Waals surface area (Å²) in [7, 11) is 0. The Kier molecular flexibility index (Phi) is 6.44. The molecular formula is C18H22S. The lowest BCUT2D eigenvalue weighted by atomic mass is 9.97. The van der Waals surface area contributed by atoms with Gasteiger partial charge in [0.05, 0.1) is 0 Å². The Bertz CT molecular complexity index is 472. The maximum absolute atomic E-state index is 4.10. The molecule has 0 nitrogen and oxygen atoms in total. The molecule has 1 aliphatic heterocycles. The van der Waals surface area contributed by atoms with Gasteiger partial charge in [-0.15, -0.1) is 0 Å². The van der Waals surface area contributed by atoms with Crippen LogP contribution in [0.3, 0.4) is 0 Å². The minimum Gasteiger partial charge on any atom is -0.0991 e. The van der Waals surface area contributed by atoms with Gasteiger partial charge in [-0.05, 0) is 17.6 Å². The molecule has 19 heavy (non-hydrogen) atoms. The van der Waals surface area contributed by atoms with E-state index < -0.39 is 0 Å². The van der Waals surface area contributed by atoms with Crippen LogP contribution in [0.4, 0.5) is 0 Å². The van der Waals surface area contributed by atoms with Crippen molar-refractivity contribution >= 4 is 11.8 Å². The fourth-order valence-electron chi connectivity index (χ4n) is 1.83. The summed E-state index contributed by atoms with van der Waals surface area (Å²) in [4.78, 5) is 2.22. The van der Waals surface area contributed by atoms with Crippen LogP contribution in [0.15, 0.2) is 83.7 Å². The van der Waals surface area contributed by atoms with Gasteiger partial charge in [0.2, 0.25) is 0 Å². The van der Waals surface area contributed by atoms with Crippen molar-refractivity contribution in [2.75, 3.05) is 0 Å². The number of thioether (sulfide) groups is 1. The van der Waals surface area contributed by atoms with Crippen LogP contribution in [0.2, 0.25) is 0 Å². The summed E-state index contributed by atoms with van der Waals surface area (Å²) >= 11 is 1.68. The van der Waals surface area contributed by atoms with Crippen molar-refractivity contribution in [2.45, 2.75) is 13.8 Å². The molecule has 0 spiro atoms. The summed E-state index contributed by atoms with van der Waals surface area (Å²) in [6.07, 6.45) is 16.5. The van der Waals surface area contributed by atoms with Gasteiger partial charge in [-0.3, -0.25) is 0 Å². The summed E-state index contributed by atoms with van der Waals surface area (Å²) in [5, 5.41) is 0. The molecule has 0 N–H and O–H groups in total. The molecule has 0 aliphatic carbocycles. The lowest BCUT2D eigenvalue weighted by molar-refractivity contribution is 0.852. The first-order valence-corrected chi connectivity index (χ1v) is 7.29. The van der Waals surface area contributed by atoms with Crippen molar-refractivity contribution in [1.29, 1.82) is 0 Å². The third kappa shape index (κ3) is 4.96. The lowest BCUT2D eigenvalue weighted by Gasteiger charge is -2.17. The lowest BCUT2D eigenvalue weighted by Crippen LogP contribution is -2.00. The quantitative estimate of drug-likeness (QED) is 0.570. The minimum absolute atomic E-state index is 0.346. The minimum atomic E-state index is 0.346. The van der Waals surface area contributed by atoms with Crippen molar-refractivity contribution in [2.24, 2.45) is 11.8 Å². The van der Waals surface area contributed by atoms with E-state index in [1.807, 2.05) is 18.2 Å². The summed E-state index contributed by atoms with van der Waals surface area (Å²) < 4.78 is 0. The van der Waals surface area contributed by atoms with Crippen molar-refractivity contribution in [1.82, 2.24) is 0 Å². The van der Waals surface area contributed by atoms with Crippen LogP contribution in [0.5, 0.6) is 0 Å². The average Bonchev–Trinajstić information content (AvgIpc) is 2.38. The van der Waals surface area contributed by atoms with Crippen LogP contribution >= 0.6 is 11.8 Å². The van der Waals surface area contributed by atoms with Crippen LogP contribution in [-0.4, -0.2) is 0 Å². The van der Waals surface area contributed by atoms with E-state index in [0.29, 0.717) is 11.8 Å². The normalized spacial score (nSPS) is 32.0. The average molecular weight is 270 g/mol. The number of hydrogen-bond acceptors (Lipinski definition) is 1. The Morgan fingerprint density at radius 1 is 1.05 bits per heavy atom. The molecule has 1 heteroatoms. The Morgan fingerprint density at radius 2 is 1.74 bits per heavy atom. The summed E-state index contributed by atoms with van der Waals surface area (Å²) in [6, 6.07) is 0. The second-order valence-electron chi connectivity index (χ2n) is 4.58. The van der Waals surface area contributed by atoms with Gasteiger partial charge in [0.1, 0.15) is 0 Å². The van der Waals surface area contributed by atoms with Crippen LogP contribution in [0, 0.1) is 11.8 Å². The topological polar surface area (TPSA) is 0 Å². The Morgan fingerprint density at radius 3 is 2.37 bits per heavy atom. The predicted molar refractivity (Wildman–Crippen MR) is 89.9 cm³/mol. The van der Waals surface area contributed by atoms with E-state index in [1.165, 1.54) is 10.5 Å². The van der Waals surface area contributed by atoms with Gasteiger partial charge in [0.25, 0.3) is 0 Å². The van der Waals surface area contributed by atoms with Crippen LogP contribution in [0.25, 0.3) is 0 Å². The highest BCUT2D eigenvalue weighted by atomic mass is 32.2. The van der Waals surface area contributed by atoms with E-state index in [9.17, 15) is 0 Å². The molecule has 2 atom stereocenters. The number of allylic oxidation sites excluding steroid dienone is 9. The fraction of sp³-hybridized carbons (Fsp3) is 0.222. The first-order valence-electron chi connectivity index (χ1n) is 6.47. The van der Waals surface area contributed by atoms with Crippen LogP contribution in [0.1, 0.15) is 13.8 Å². The molecule has 0 aromatic carbocycles. The Hall–Kier alpha value is -1.47. The molecule has 0 aromatic rings. The van der Waals surface area contributed by atoms with Gasteiger partial charge >= 0.3 is 0 Å². The molecule has 0 radical (unpaired) electrons. The molecule has 2 unspecified atom stereocenters. The molecule has 1 aliphatic rings. The molecule has 0 bridgehead atoms. The standard InChI is InChI=1S/C18H22S/c1-6-8-17-15(4)12-10-14(3)11-13-16(5)19-18(17)9-7-2/h6-15H,1-2,5H2,3-4H3/b12-10-,13-11-,17-8?,18-9+. The highest BCUT2D eigenvalue weighted by Crippen LogP contribution is 2.36. The van der Waals surface area contributed by atoms with Gasteiger partial charge in [0.15, 0.2) is 0 Å². The van der Waals surface area contributed by atoms with Gasteiger partial charge < -0.3 is 0 Å². The van der Waals surface area contributed by atoms with Gasteiger partial charge in [-0.25, -0.2) is 0 Å². The largest absolute Gasteiger partial charge is 0.0991 e. The summed E-state index contributed by atoms with van der Waals surface area (Å²) in [5.41, 5.74) is 1.25. The molecule has 100 valence electrons. The zero-order chi connectivity index (χ0) is 14.3. The van der Waals surface area contributed by atoms with Crippen molar-refractivity contribution < 1.29 is 0 Å². The van der Waals surface area contributed by atoms with E-state index in [4.69, 9.17) is 0 Å². The zero-order valence-corrected chi connectivity index (χ0v) is 12.6. The fourth-order valence-corrected chi connectivity index (χ4v) is 2.79. The predicted octanol–water partition coefficient (Wildman–Crippen LogP) is 5.81. The van der Waals surface area contributed by atoms with Crippen molar-refractivity contribution in [3.63, 3.8) is 0 Å². The van der Waals surface area contributed by atoms with E-state index >= 15 is 0 Å². The summed E-state index contributed by atoms with van der Waals surface area (Å²) in [6.45, 7) is 16.1. The highest BCUT2D eigenvalue weighted by molar-refractivity contribution is 8.07. The van der Waals surface area contributed by atoms with Crippen molar-refractivity contribution in [3.8, 4) is 0 Å². The molecule has 0 saturated carbocycles. The first kappa shape index (κ1) is 15.6. The molecule has 0 amide bonds. The number of rotatable bonds is 2. The molecular weight excluding hydrogens is 248 g/mol. The molecule has 0 saturated heterocycles. The first-order chi connectivity index (χ1) is 9.08. The van der Waals surface area contributed by atoms with Gasteiger partial charge in [-0.1, -0.05) is 87.9 Å². The third-order valence-electron chi connectivity index (χ3n) is 2.87. The Labute approximate surface area is 121 Å². The second kappa shape index (κ2) is 7.85. The SMILES string of the molecule is C=CC=C1/C(=C\C=C)SC(=C)/C=C\C(C)/C=C\C1C. The highest BCUT2D eigenvalue weighted by Gasteiger charge is 2.13. The monoisotopic (exact) mass is 270 g/mol. The third-order valence-corrected chi connectivity index (χ3v) is 3.86. The van der Waals surface area contributed by atoms with Crippen LogP contribution < -0.4 is 0 Å². The van der Waals surface area contributed by atoms with Gasteiger partial charge in [-0.2, -0.15) is 0 Å². The molecule has 0 fully saturated rings. The summed E-state index contributed by atoms with van der Waals surface area (Å²) in [5.74, 6) is 0.771. The van der Waals surface area contributed by atoms with Crippen LogP contribution in [-0.2, 0) is 0 Å². The second-order valence-corrected chi connectivity index (χ2v) is 5.75. The van der Waals surface area contributed by atoms with E-state index in [0.717, 1.165) is 4.91 Å². The van der Waals surface area contributed by atoms with Gasteiger partial charge in [0, 0.05) is 15.7 Å². The zero-order valence-electron chi connectivity index (χ0n) is 11.8. The maximum Gasteiger partial charge on any atom is 0.0159 e. The molecule has 0 aromatic heterocycles. The smallest absolute Gasteiger partial charge is 0.0159 e. The van der Waals surface area contributed by atoms with E-state index in [1.54, 1.807) is 11.8 Å². The van der Waals surface area contributed by atoms with E-state index in [-0.39, 0.29) is 0 Å². The van der Waals surface area contributed by atoms with Crippen molar-refractivity contribution in [3.05, 3.63) is 83.7 Å². The Balaban J connectivity index is 3.25. The maximum atomic E-state index is 4.10. The van der Waals surface area contributed by atoms with E-state index in [2.05, 4.69) is 64.0 Å².